The molecule has 2 aromatic carbocycles. The van der Waals surface area contributed by atoms with E-state index in [-0.39, 0.29) is 0 Å². The Morgan fingerprint density at radius 3 is 2.00 bits per heavy atom. The van der Waals surface area contributed by atoms with Gasteiger partial charge in [0.2, 0.25) is 11.8 Å². The summed E-state index contributed by atoms with van der Waals surface area (Å²) in [5, 5.41) is 3.82. The molecular weight excluding hydrogens is 347 g/mol. The average Bonchev–Trinajstić information content (AvgIpc) is 2.50. The number of anilines is 2. The number of hydrogen-bond donors (Lipinski definition) is 2. The van der Waals surface area contributed by atoms with E-state index in [0.29, 0.717) is 0 Å². The highest BCUT2D eigenvalue weighted by atomic mass is 19.4. The summed E-state index contributed by atoms with van der Waals surface area (Å²) in [7, 11) is 0. The van der Waals surface area contributed by atoms with Crippen LogP contribution in [0.4, 0.5) is 33.3 Å². The molecule has 0 aromatic heterocycles. The van der Waals surface area contributed by atoms with Crippen LogP contribution in [0.3, 0.4) is 0 Å². The van der Waals surface area contributed by atoms with Crippen molar-refractivity contribution in [3.63, 3.8) is 0 Å². The smallest absolute Gasteiger partial charge is 0.325 e. The quantitative estimate of drug-likeness (QED) is 0.642. The zero-order chi connectivity index (χ0) is 18.6. The summed E-state index contributed by atoms with van der Waals surface area (Å²) in [4.78, 5) is 23.4. The average molecular weight is 358 g/mol. The van der Waals surface area contributed by atoms with E-state index in [2.05, 4.69) is 0 Å². The summed E-state index contributed by atoms with van der Waals surface area (Å²) in [6.45, 7) is 0. The molecule has 2 aromatic rings. The van der Waals surface area contributed by atoms with Gasteiger partial charge in [-0.15, -0.1) is 0 Å². The minimum absolute atomic E-state index is 0.523. The molecule has 0 aliphatic rings. The number of para-hydroxylation sites is 2. The highest BCUT2D eigenvalue weighted by Gasteiger charge is 2.33. The number of rotatable bonds is 4. The van der Waals surface area contributed by atoms with Crippen LogP contribution in [-0.4, -0.2) is 11.8 Å². The topological polar surface area (TPSA) is 58.2 Å². The summed E-state index contributed by atoms with van der Waals surface area (Å²) in [6.07, 6.45) is -5.61. The number of alkyl halides is 3. The van der Waals surface area contributed by atoms with Crippen molar-refractivity contribution in [3.05, 3.63) is 59.7 Å². The van der Waals surface area contributed by atoms with Crippen molar-refractivity contribution in [2.45, 2.75) is 12.6 Å². The van der Waals surface area contributed by atoms with Crippen LogP contribution in [0, 0.1) is 11.6 Å². The molecule has 0 heterocycles. The first-order valence-electron chi connectivity index (χ1n) is 6.88. The first kappa shape index (κ1) is 18.4. The second kappa shape index (κ2) is 7.29. The van der Waals surface area contributed by atoms with Gasteiger partial charge in [0.15, 0.2) is 0 Å². The molecular formula is C16H11F5N2O2. The maximum absolute atomic E-state index is 13.4. The van der Waals surface area contributed by atoms with Gasteiger partial charge in [-0.3, -0.25) is 9.59 Å². The third kappa shape index (κ3) is 4.75. The lowest BCUT2D eigenvalue weighted by molar-refractivity contribution is -0.137. The summed E-state index contributed by atoms with van der Waals surface area (Å²) < 4.78 is 65.3. The minimum Gasteiger partial charge on any atom is -0.325 e. The van der Waals surface area contributed by atoms with Gasteiger partial charge in [0, 0.05) is 0 Å². The molecule has 0 unspecified atom stereocenters. The molecule has 0 saturated carbocycles. The molecule has 0 atom stereocenters. The van der Waals surface area contributed by atoms with Gasteiger partial charge >= 0.3 is 6.18 Å². The molecule has 2 N–H and O–H groups in total. The van der Waals surface area contributed by atoms with Crippen LogP contribution < -0.4 is 10.6 Å². The lowest BCUT2D eigenvalue weighted by Gasteiger charge is -2.13. The van der Waals surface area contributed by atoms with Gasteiger partial charge in [0.25, 0.3) is 0 Å². The Balaban J connectivity index is 2.05. The van der Waals surface area contributed by atoms with Gasteiger partial charge in [-0.2, -0.15) is 13.2 Å². The van der Waals surface area contributed by atoms with Crippen LogP contribution in [0.1, 0.15) is 12.0 Å². The highest BCUT2D eigenvalue weighted by molar-refractivity contribution is 6.08. The largest absolute Gasteiger partial charge is 0.418 e. The van der Waals surface area contributed by atoms with E-state index in [9.17, 15) is 31.5 Å². The van der Waals surface area contributed by atoms with Gasteiger partial charge in [-0.1, -0.05) is 18.2 Å². The third-order valence-electron chi connectivity index (χ3n) is 3.05. The predicted octanol–water partition coefficient (Wildman–Crippen LogP) is 3.95. The Labute approximate surface area is 138 Å². The molecule has 0 fully saturated rings. The summed E-state index contributed by atoms with van der Waals surface area (Å²) in [5.41, 5.74) is -2.34. The van der Waals surface area contributed by atoms with Crippen LogP contribution >= 0.6 is 0 Å². The Morgan fingerprint density at radius 2 is 1.40 bits per heavy atom. The molecule has 0 aliphatic carbocycles. The minimum atomic E-state index is -4.69. The monoisotopic (exact) mass is 358 g/mol. The zero-order valence-electron chi connectivity index (χ0n) is 12.5. The summed E-state index contributed by atoms with van der Waals surface area (Å²) in [5.74, 6) is -4.23. The molecule has 9 heteroatoms. The summed E-state index contributed by atoms with van der Waals surface area (Å²) in [6, 6.07) is 7.10. The molecule has 0 saturated heterocycles. The fourth-order valence-corrected chi connectivity index (χ4v) is 1.98. The number of hydrogen-bond acceptors (Lipinski definition) is 2. The molecule has 0 spiro atoms. The molecule has 4 nitrogen and oxygen atoms in total. The van der Waals surface area contributed by atoms with Gasteiger partial charge < -0.3 is 10.6 Å². The van der Waals surface area contributed by atoms with Crippen LogP contribution in [0.15, 0.2) is 42.5 Å². The van der Waals surface area contributed by atoms with Crippen molar-refractivity contribution < 1.29 is 31.5 Å². The first-order chi connectivity index (χ1) is 11.7. The lowest BCUT2D eigenvalue weighted by atomic mass is 10.1. The third-order valence-corrected chi connectivity index (χ3v) is 3.05. The SMILES string of the molecule is O=C(CC(=O)Nc1c(F)cccc1F)Nc1ccccc1C(F)(F)F. The maximum Gasteiger partial charge on any atom is 0.418 e. The molecule has 2 amide bonds. The van der Waals surface area contributed by atoms with Crippen molar-refractivity contribution >= 4 is 23.2 Å². The number of benzene rings is 2. The van der Waals surface area contributed by atoms with E-state index in [1.807, 2.05) is 10.6 Å². The number of carbonyl (C=O) groups excluding carboxylic acids is 2. The van der Waals surface area contributed by atoms with Crippen LogP contribution in [0.5, 0.6) is 0 Å². The number of carbonyl (C=O) groups is 2. The van der Waals surface area contributed by atoms with Crippen LogP contribution in [0.2, 0.25) is 0 Å². The highest BCUT2D eigenvalue weighted by Crippen LogP contribution is 2.34. The normalized spacial score (nSPS) is 11.1. The number of amides is 2. The van der Waals surface area contributed by atoms with Crippen molar-refractivity contribution in [3.8, 4) is 0 Å². The number of nitrogens with one attached hydrogen (secondary N) is 2. The Morgan fingerprint density at radius 1 is 0.840 bits per heavy atom. The molecule has 132 valence electrons. The van der Waals surface area contributed by atoms with Gasteiger partial charge in [0.05, 0.1) is 11.3 Å². The van der Waals surface area contributed by atoms with E-state index in [0.717, 1.165) is 36.4 Å². The second-order valence-electron chi connectivity index (χ2n) is 4.91. The van der Waals surface area contributed by atoms with E-state index in [1.165, 1.54) is 6.07 Å². The molecule has 0 radical (unpaired) electrons. The Hall–Kier alpha value is -2.97. The zero-order valence-corrected chi connectivity index (χ0v) is 12.5. The van der Waals surface area contributed by atoms with E-state index in [4.69, 9.17) is 0 Å². The Kier molecular flexibility index (Phi) is 5.35. The Bertz CT molecular complexity index is 785. The van der Waals surface area contributed by atoms with Crippen LogP contribution in [0.25, 0.3) is 0 Å². The second-order valence-corrected chi connectivity index (χ2v) is 4.91. The first-order valence-corrected chi connectivity index (χ1v) is 6.88. The summed E-state index contributed by atoms with van der Waals surface area (Å²) >= 11 is 0. The van der Waals surface area contributed by atoms with Crippen molar-refractivity contribution in [2.24, 2.45) is 0 Å². The molecule has 0 aliphatic heterocycles. The molecule has 25 heavy (non-hydrogen) atoms. The molecule has 0 bridgehead atoms. The number of halogens is 5. The van der Waals surface area contributed by atoms with Crippen LogP contribution in [-0.2, 0) is 15.8 Å². The van der Waals surface area contributed by atoms with Crippen molar-refractivity contribution in [2.75, 3.05) is 10.6 Å². The standard InChI is InChI=1S/C16H11F5N2O2/c17-10-5-3-6-11(18)15(10)23-14(25)8-13(24)22-12-7-2-1-4-9(12)16(19,20)21/h1-7H,8H2,(H,22,24)(H,23,25). The van der Waals surface area contributed by atoms with E-state index < -0.39 is 53.0 Å². The van der Waals surface area contributed by atoms with Gasteiger partial charge in [-0.25, -0.2) is 8.78 Å². The molecule has 2 rings (SSSR count). The fourth-order valence-electron chi connectivity index (χ4n) is 1.98. The maximum atomic E-state index is 13.4. The van der Waals surface area contributed by atoms with Gasteiger partial charge in [0.1, 0.15) is 23.7 Å². The fraction of sp³-hybridized carbons (Fsp3) is 0.125. The lowest BCUT2D eigenvalue weighted by Crippen LogP contribution is -2.23. The van der Waals surface area contributed by atoms with E-state index in [1.54, 1.807) is 0 Å². The van der Waals surface area contributed by atoms with Crippen molar-refractivity contribution in [1.29, 1.82) is 0 Å². The van der Waals surface area contributed by atoms with Crippen molar-refractivity contribution in [1.82, 2.24) is 0 Å². The van der Waals surface area contributed by atoms with Gasteiger partial charge in [-0.05, 0) is 24.3 Å². The predicted molar refractivity (Wildman–Crippen MR) is 79.7 cm³/mol. The van der Waals surface area contributed by atoms with E-state index >= 15 is 0 Å².